The second-order valence-electron chi connectivity index (χ2n) is 4.65. The molecule has 0 radical (unpaired) electrons. The maximum Gasteiger partial charge on any atom is 0.307 e. The van der Waals surface area contributed by atoms with Crippen molar-refractivity contribution in [2.75, 3.05) is 32.7 Å². The standard InChI is InChI=1S/C11H18N2O3/c14-10(13-4-1-2-5-13)8-12-6-3-9(7-12)11(15)16/h9H,1-8H2,(H,15,16). The minimum Gasteiger partial charge on any atom is -0.481 e. The van der Waals surface area contributed by atoms with Gasteiger partial charge >= 0.3 is 5.97 Å². The number of rotatable bonds is 3. The van der Waals surface area contributed by atoms with Crippen molar-refractivity contribution in [3.8, 4) is 0 Å². The molecule has 0 spiro atoms. The topological polar surface area (TPSA) is 60.9 Å². The molecule has 16 heavy (non-hydrogen) atoms. The van der Waals surface area contributed by atoms with Gasteiger partial charge in [-0.2, -0.15) is 0 Å². The van der Waals surface area contributed by atoms with Crippen LogP contribution in [0.25, 0.3) is 0 Å². The van der Waals surface area contributed by atoms with Gasteiger partial charge in [-0.15, -0.1) is 0 Å². The molecule has 0 saturated carbocycles. The van der Waals surface area contributed by atoms with Crippen molar-refractivity contribution >= 4 is 11.9 Å². The minimum absolute atomic E-state index is 0.156. The van der Waals surface area contributed by atoms with Crippen molar-refractivity contribution in [2.45, 2.75) is 19.3 Å². The molecule has 90 valence electrons. The second-order valence-corrected chi connectivity index (χ2v) is 4.65. The molecule has 5 heteroatoms. The molecule has 1 unspecified atom stereocenters. The fourth-order valence-electron chi connectivity index (χ4n) is 2.44. The molecule has 0 aromatic heterocycles. The van der Waals surface area contributed by atoms with Gasteiger partial charge in [-0.3, -0.25) is 14.5 Å². The van der Waals surface area contributed by atoms with E-state index in [2.05, 4.69) is 0 Å². The van der Waals surface area contributed by atoms with Crippen LogP contribution in [0.1, 0.15) is 19.3 Å². The highest BCUT2D eigenvalue weighted by atomic mass is 16.4. The first-order valence-electron chi connectivity index (χ1n) is 5.90. The van der Waals surface area contributed by atoms with Crippen LogP contribution in [0, 0.1) is 5.92 Å². The molecule has 2 heterocycles. The summed E-state index contributed by atoms with van der Waals surface area (Å²) in [4.78, 5) is 26.4. The first-order valence-corrected chi connectivity index (χ1v) is 5.90. The molecule has 2 rings (SSSR count). The second kappa shape index (κ2) is 4.82. The maximum absolute atomic E-state index is 11.8. The van der Waals surface area contributed by atoms with Gasteiger partial charge in [-0.05, 0) is 25.8 Å². The maximum atomic E-state index is 11.8. The van der Waals surface area contributed by atoms with E-state index < -0.39 is 5.97 Å². The number of carboxylic acids is 1. The lowest BCUT2D eigenvalue weighted by molar-refractivity contribution is -0.141. The third-order valence-electron chi connectivity index (χ3n) is 3.44. The lowest BCUT2D eigenvalue weighted by Gasteiger charge is -2.20. The number of aliphatic carboxylic acids is 1. The largest absolute Gasteiger partial charge is 0.481 e. The van der Waals surface area contributed by atoms with Crippen molar-refractivity contribution in [1.29, 1.82) is 0 Å². The molecular weight excluding hydrogens is 208 g/mol. The van der Waals surface area contributed by atoms with E-state index >= 15 is 0 Å². The Morgan fingerprint density at radius 1 is 1.19 bits per heavy atom. The summed E-state index contributed by atoms with van der Waals surface area (Å²) in [5.41, 5.74) is 0. The van der Waals surface area contributed by atoms with Crippen LogP contribution in [0.5, 0.6) is 0 Å². The van der Waals surface area contributed by atoms with Gasteiger partial charge < -0.3 is 10.0 Å². The molecule has 5 nitrogen and oxygen atoms in total. The third-order valence-corrected chi connectivity index (χ3v) is 3.44. The van der Waals surface area contributed by atoms with Crippen LogP contribution in [0.3, 0.4) is 0 Å². The predicted molar refractivity (Wildman–Crippen MR) is 58.0 cm³/mol. The fraction of sp³-hybridized carbons (Fsp3) is 0.818. The first-order chi connectivity index (χ1) is 7.66. The SMILES string of the molecule is O=C(O)C1CCN(CC(=O)N2CCCC2)C1. The molecule has 1 atom stereocenters. The summed E-state index contributed by atoms with van der Waals surface area (Å²) in [6.07, 6.45) is 2.87. The van der Waals surface area contributed by atoms with Crippen molar-refractivity contribution < 1.29 is 14.7 Å². The van der Waals surface area contributed by atoms with Crippen LogP contribution in [0.2, 0.25) is 0 Å². The van der Waals surface area contributed by atoms with Gasteiger partial charge in [0.2, 0.25) is 5.91 Å². The van der Waals surface area contributed by atoms with Crippen LogP contribution in [0.4, 0.5) is 0 Å². The molecule has 0 aliphatic carbocycles. The summed E-state index contributed by atoms with van der Waals surface area (Å²) in [7, 11) is 0. The van der Waals surface area contributed by atoms with Gasteiger partial charge in [0, 0.05) is 19.6 Å². The summed E-state index contributed by atoms with van der Waals surface area (Å²) in [6, 6.07) is 0. The Morgan fingerprint density at radius 2 is 1.88 bits per heavy atom. The van der Waals surface area contributed by atoms with Gasteiger partial charge in [-0.1, -0.05) is 0 Å². The van der Waals surface area contributed by atoms with Crippen LogP contribution in [0.15, 0.2) is 0 Å². The molecule has 0 aromatic carbocycles. The Balaban J connectivity index is 1.78. The van der Waals surface area contributed by atoms with E-state index in [9.17, 15) is 9.59 Å². The Bertz CT molecular complexity index is 287. The fourth-order valence-corrected chi connectivity index (χ4v) is 2.44. The number of carboxylic acid groups (broad SMARTS) is 1. The zero-order chi connectivity index (χ0) is 11.5. The number of likely N-dealkylation sites (tertiary alicyclic amines) is 2. The number of amides is 1. The van der Waals surface area contributed by atoms with Crippen LogP contribution < -0.4 is 0 Å². The Labute approximate surface area is 95.0 Å². The summed E-state index contributed by atoms with van der Waals surface area (Å²) >= 11 is 0. The van der Waals surface area contributed by atoms with E-state index in [0.717, 1.165) is 32.5 Å². The average molecular weight is 226 g/mol. The number of carbonyl (C=O) groups excluding carboxylic acids is 1. The number of carbonyl (C=O) groups is 2. The van der Waals surface area contributed by atoms with Crippen LogP contribution in [-0.4, -0.2) is 59.5 Å². The van der Waals surface area contributed by atoms with Gasteiger partial charge in [-0.25, -0.2) is 0 Å². The molecule has 2 fully saturated rings. The Hall–Kier alpha value is -1.10. The molecule has 1 amide bonds. The van der Waals surface area contributed by atoms with E-state index in [1.165, 1.54) is 0 Å². The summed E-state index contributed by atoms with van der Waals surface area (Å²) in [5, 5.41) is 8.85. The van der Waals surface area contributed by atoms with Crippen LogP contribution >= 0.6 is 0 Å². The zero-order valence-electron chi connectivity index (χ0n) is 9.39. The zero-order valence-corrected chi connectivity index (χ0v) is 9.39. The Morgan fingerprint density at radius 3 is 2.44 bits per heavy atom. The van der Waals surface area contributed by atoms with E-state index in [4.69, 9.17) is 5.11 Å². The summed E-state index contributed by atoms with van der Waals surface area (Å²) < 4.78 is 0. The summed E-state index contributed by atoms with van der Waals surface area (Å²) in [6.45, 7) is 3.39. The molecule has 1 N–H and O–H groups in total. The Kier molecular flexibility index (Phi) is 3.43. The molecular formula is C11H18N2O3. The first kappa shape index (κ1) is 11.4. The van der Waals surface area contributed by atoms with Crippen molar-refractivity contribution in [3.63, 3.8) is 0 Å². The summed E-state index contributed by atoms with van der Waals surface area (Å²) in [5.74, 6) is -0.869. The normalized spacial score (nSPS) is 26.2. The van der Waals surface area contributed by atoms with E-state index in [0.29, 0.717) is 19.5 Å². The lowest BCUT2D eigenvalue weighted by atomic mass is 10.1. The highest BCUT2D eigenvalue weighted by Gasteiger charge is 2.30. The third kappa shape index (κ3) is 2.52. The molecule has 0 bridgehead atoms. The molecule has 2 aliphatic heterocycles. The average Bonchev–Trinajstić information content (AvgIpc) is 2.87. The van der Waals surface area contributed by atoms with Crippen molar-refractivity contribution in [2.24, 2.45) is 5.92 Å². The quantitative estimate of drug-likeness (QED) is 0.736. The predicted octanol–water partition coefficient (Wildman–Crippen LogP) is 0.0153. The van der Waals surface area contributed by atoms with Gasteiger partial charge in [0.05, 0.1) is 12.5 Å². The van der Waals surface area contributed by atoms with E-state index in [1.54, 1.807) is 0 Å². The highest BCUT2D eigenvalue weighted by molar-refractivity contribution is 5.78. The highest BCUT2D eigenvalue weighted by Crippen LogP contribution is 2.17. The van der Waals surface area contributed by atoms with Crippen LogP contribution in [-0.2, 0) is 9.59 Å². The minimum atomic E-state index is -0.740. The molecule has 0 aromatic rings. The number of hydrogen-bond donors (Lipinski definition) is 1. The number of hydrogen-bond acceptors (Lipinski definition) is 3. The van der Waals surface area contributed by atoms with Gasteiger partial charge in [0.1, 0.15) is 0 Å². The lowest BCUT2D eigenvalue weighted by Crippen LogP contribution is -2.38. The smallest absolute Gasteiger partial charge is 0.307 e. The van der Waals surface area contributed by atoms with E-state index in [1.807, 2.05) is 9.80 Å². The van der Waals surface area contributed by atoms with Gasteiger partial charge in [0.15, 0.2) is 0 Å². The molecule has 2 aliphatic rings. The van der Waals surface area contributed by atoms with Crippen molar-refractivity contribution in [3.05, 3.63) is 0 Å². The monoisotopic (exact) mass is 226 g/mol. The number of nitrogens with zero attached hydrogens (tertiary/aromatic N) is 2. The molecule has 2 saturated heterocycles. The van der Waals surface area contributed by atoms with Crippen molar-refractivity contribution in [1.82, 2.24) is 9.80 Å². The van der Waals surface area contributed by atoms with Gasteiger partial charge in [0.25, 0.3) is 0 Å². The van der Waals surface area contributed by atoms with E-state index in [-0.39, 0.29) is 11.8 Å².